The second kappa shape index (κ2) is 17.5. The van der Waals surface area contributed by atoms with E-state index in [2.05, 4.69) is 47.8 Å². The van der Waals surface area contributed by atoms with E-state index in [0.29, 0.717) is 5.92 Å². The third-order valence-corrected chi connectivity index (χ3v) is 4.40. The van der Waals surface area contributed by atoms with Crippen molar-refractivity contribution in [3.05, 3.63) is 24.8 Å². The Labute approximate surface area is 136 Å². The summed E-state index contributed by atoms with van der Waals surface area (Å²) in [7, 11) is 0. The first-order chi connectivity index (χ1) is 10.1. The zero-order valence-electron chi connectivity index (χ0n) is 15.7. The Balaban J connectivity index is 0. The van der Waals surface area contributed by atoms with E-state index in [9.17, 15) is 0 Å². The van der Waals surface area contributed by atoms with E-state index in [-0.39, 0.29) is 0 Å². The quantitative estimate of drug-likeness (QED) is 0.253. The van der Waals surface area contributed by atoms with Gasteiger partial charge in [-0.15, -0.1) is 6.58 Å². The summed E-state index contributed by atoms with van der Waals surface area (Å²) in [4.78, 5) is 0. The Hall–Kier alpha value is -0.520. The minimum absolute atomic E-state index is 0.656. The van der Waals surface area contributed by atoms with Gasteiger partial charge in [-0.2, -0.15) is 0 Å². The summed E-state index contributed by atoms with van der Waals surface area (Å²) < 4.78 is 0. The molecule has 0 spiro atoms. The maximum Gasteiger partial charge on any atom is -0.0141 e. The van der Waals surface area contributed by atoms with Crippen LogP contribution in [0.3, 0.4) is 0 Å². The Bertz CT molecular complexity index is 220. The lowest BCUT2D eigenvalue weighted by molar-refractivity contribution is 0.359. The van der Waals surface area contributed by atoms with E-state index in [4.69, 9.17) is 0 Å². The minimum Gasteiger partial charge on any atom is -0.103 e. The van der Waals surface area contributed by atoms with Crippen molar-refractivity contribution in [2.75, 3.05) is 0 Å². The van der Waals surface area contributed by atoms with Gasteiger partial charge in [-0.05, 0) is 18.3 Å². The van der Waals surface area contributed by atoms with Crippen molar-refractivity contribution < 1.29 is 0 Å². The van der Waals surface area contributed by atoms with Gasteiger partial charge in [-0.1, -0.05) is 111 Å². The lowest BCUT2D eigenvalue weighted by Crippen LogP contribution is -2.12. The van der Waals surface area contributed by atoms with Gasteiger partial charge in [-0.25, -0.2) is 0 Å². The van der Waals surface area contributed by atoms with E-state index in [0.717, 1.165) is 12.3 Å². The second-order valence-corrected chi connectivity index (χ2v) is 6.31. The third kappa shape index (κ3) is 14.2. The molecule has 0 nitrogen and oxygen atoms in total. The molecule has 0 aliphatic carbocycles. The molecule has 0 radical (unpaired) electrons. The summed E-state index contributed by atoms with van der Waals surface area (Å²) in [5.74, 6) is 1.47. The van der Waals surface area contributed by atoms with Gasteiger partial charge in [0.15, 0.2) is 0 Å². The Kier molecular flexibility index (Phi) is 19.0. The average Bonchev–Trinajstić information content (AvgIpc) is 2.49. The van der Waals surface area contributed by atoms with Crippen LogP contribution in [0.25, 0.3) is 0 Å². The number of unbranched alkanes of at least 4 members (excludes halogenated alkanes) is 5. The molecule has 2 atom stereocenters. The van der Waals surface area contributed by atoms with Gasteiger partial charge in [0.1, 0.15) is 0 Å². The number of hydrogen-bond donors (Lipinski definition) is 0. The summed E-state index contributed by atoms with van der Waals surface area (Å²) in [5, 5.41) is 0. The normalized spacial score (nSPS) is 13.0. The van der Waals surface area contributed by atoms with Gasteiger partial charge < -0.3 is 0 Å². The van der Waals surface area contributed by atoms with Crippen LogP contribution in [0.1, 0.15) is 98.8 Å². The van der Waals surface area contributed by atoms with E-state index in [1.54, 1.807) is 0 Å². The van der Waals surface area contributed by atoms with E-state index in [1.807, 2.05) is 6.08 Å². The average molecular weight is 295 g/mol. The van der Waals surface area contributed by atoms with Crippen molar-refractivity contribution in [1.82, 2.24) is 0 Å². The fourth-order valence-corrected chi connectivity index (χ4v) is 2.74. The molecule has 0 saturated carbocycles. The summed E-state index contributed by atoms with van der Waals surface area (Å²) in [6.45, 7) is 19.2. The van der Waals surface area contributed by atoms with Crippen LogP contribution in [-0.2, 0) is 0 Å². The molecule has 0 aromatic rings. The standard InChI is InChI=1S/C13H24.C8H18/c1-6-9-11(4)12(5)13(8-3)10-7-2;1-3-5-7-8-6-4-2/h6,12-13H,1,4,7-10H2,2-3,5H3;3-8H2,1-2H3. The van der Waals surface area contributed by atoms with Crippen LogP contribution >= 0.6 is 0 Å². The fraction of sp³-hybridized carbons (Fsp3) is 0.810. The van der Waals surface area contributed by atoms with Crippen molar-refractivity contribution in [3.8, 4) is 0 Å². The predicted octanol–water partition coefficient (Wildman–Crippen LogP) is 7.95. The van der Waals surface area contributed by atoms with Crippen LogP contribution in [0.4, 0.5) is 0 Å². The Morgan fingerprint density at radius 2 is 1.43 bits per heavy atom. The van der Waals surface area contributed by atoms with E-state index in [1.165, 1.54) is 63.4 Å². The van der Waals surface area contributed by atoms with Crippen LogP contribution in [0.2, 0.25) is 0 Å². The first-order valence-electron chi connectivity index (χ1n) is 9.37. The molecule has 0 heterocycles. The van der Waals surface area contributed by atoms with Crippen LogP contribution in [-0.4, -0.2) is 0 Å². The first-order valence-corrected chi connectivity index (χ1v) is 9.37. The molecule has 0 fully saturated rings. The SMILES string of the molecule is C=CCC(=C)C(C)C(CC)CCC.CCCCCCCC. The lowest BCUT2D eigenvalue weighted by Gasteiger charge is -2.23. The summed E-state index contributed by atoms with van der Waals surface area (Å²) in [5.41, 5.74) is 1.34. The summed E-state index contributed by atoms with van der Waals surface area (Å²) in [6.07, 6.45) is 15.3. The molecular formula is C21H42. The molecule has 0 aliphatic rings. The minimum atomic E-state index is 0.656. The van der Waals surface area contributed by atoms with Crippen molar-refractivity contribution >= 4 is 0 Å². The van der Waals surface area contributed by atoms with Crippen molar-refractivity contribution in [2.45, 2.75) is 98.8 Å². The zero-order valence-corrected chi connectivity index (χ0v) is 15.7. The summed E-state index contributed by atoms with van der Waals surface area (Å²) >= 11 is 0. The van der Waals surface area contributed by atoms with Gasteiger partial charge in [0.25, 0.3) is 0 Å². The molecule has 21 heavy (non-hydrogen) atoms. The van der Waals surface area contributed by atoms with Gasteiger partial charge in [-0.3, -0.25) is 0 Å². The van der Waals surface area contributed by atoms with Gasteiger partial charge in [0.05, 0.1) is 0 Å². The fourth-order valence-electron chi connectivity index (χ4n) is 2.74. The van der Waals surface area contributed by atoms with E-state index < -0.39 is 0 Å². The van der Waals surface area contributed by atoms with Crippen molar-refractivity contribution in [1.29, 1.82) is 0 Å². The van der Waals surface area contributed by atoms with Crippen molar-refractivity contribution in [3.63, 3.8) is 0 Å². The number of hydrogen-bond acceptors (Lipinski definition) is 0. The molecule has 0 aromatic heterocycles. The largest absolute Gasteiger partial charge is 0.103 e. The second-order valence-electron chi connectivity index (χ2n) is 6.31. The molecule has 0 aliphatic heterocycles. The maximum atomic E-state index is 4.12. The van der Waals surface area contributed by atoms with Gasteiger partial charge >= 0.3 is 0 Å². The predicted molar refractivity (Wildman–Crippen MR) is 101 cm³/mol. The molecule has 0 aromatic carbocycles. The Morgan fingerprint density at radius 3 is 1.76 bits per heavy atom. The van der Waals surface area contributed by atoms with Crippen LogP contribution in [0.5, 0.6) is 0 Å². The molecule has 0 bridgehead atoms. The molecule has 126 valence electrons. The molecule has 0 heteroatoms. The first kappa shape index (κ1) is 22.8. The Morgan fingerprint density at radius 1 is 0.905 bits per heavy atom. The van der Waals surface area contributed by atoms with Crippen LogP contribution < -0.4 is 0 Å². The van der Waals surface area contributed by atoms with Crippen molar-refractivity contribution in [2.24, 2.45) is 11.8 Å². The van der Waals surface area contributed by atoms with Crippen LogP contribution in [0.15, 0.2) is 24.8 Å². The number of allylic oxidation sites excluding steroid dienone is 2. The highest BCUT2D eigenvalue weighted by atomic mass is 14.2. The molecule has 0 saturated heterocycles. The zero-order chi connectivity index (χ0) is 16.5. The van der Waals surface area contributed by atoms with Gasteiger partial charge in [0, 0.05) is 0 Å². The molecule has 0 amide bonds. The molecule has 2 unspecified atom stereocenters. The highest BCUT2D eigenvalue weighted by Crippen LogP contribution is 2.27. The third-order valence-electron chi connectivity index (χ3n) is 4.40. The molecule has 0 rings (SSSR count). The van der Waals surface area contributed by atoms with E-state index >= 15 is 0 Å². The highest BCUT2D eigenvalue weighted by Gasteiger charge is 2.16. The van der Waals surface area contributed by atoms with Crippen LogP contribution in [0, 0.1) is 11.8 Å². The lowest BCUT2D eigenvalue weighted by atomic mass is 9.82. The molecular weight excluding hydrogens is 252 g/mol. The molecule has 0 N–H and O–H groups in total. The number of rotatable bonds is 12. The monoisotopic (exact) mass is 294 g/mol. The highest BCUT2D eigenvalue weighted by molar-refractivity contribution is 5.05. The summed E-state index contributed by atoms with van der Waals surface area (Å²) in [6, 6.07) is 0. The van der Waals surface area contributed by atoms with Gasteiger partial charge in [0.2, 0.25) is 0 Å². The topological polar surface area (TPSA) is 0 Å². The maximum absolute atomic E-state index is 4.12. The smallest absolute Gasteiger partial charge is 0.0141 e.